The van der Waals surface area contributed by atoms with E-state index in [0.29, 0.717) is 24.1 Å². The summed E-state index contributed by atoms with van der Waals surface area (Å²) in [6.07, 6.45) is 0.880. The minimum absolute atomic E-state index is 0.0442. The maximum atomic E-state index is 13.3. The Kier molecular flexibility index (Phi) is 6.19. The first-order valence-corrected chi connectivity index (χ1v) is 12.4. The van der Waals surface area contributed by atoms with Crippen LogP contribution in [-0.2, 0) is 4.79 Å². The summed E-state index contributed by atoms with van der Waals surface area (Å²) in [6, 6.07) is 14.3. The van der Waals surface area contributed by atoms with Crippen molar-refractivity contribution in [3.8, 4) is 0 Å². The van der Waals surface area contributed by atoms with E-state index in [9.17, 15) is 9.59 Å². The standard InChI is InChI=1S/C28H33N5O2/c1-5-26(34)33-25(20-8-6-18(2)7-9-20)17-24(30-33)27-19(3)22-11-10-21(16-23(22)29-28(27)35)32-14-12-31(4)13-15-32/h6-11,16,25H,5,12-15,17H2,1-4H3,(H,29,35)/t25-/m0/s1. The molecule has 0 unspecified atom stereocenters. The van der Waals surface area contributed by atoms with Crippen LogP contribution < -0.4 is 10.5 Å². The largest absolute Gasteiger partial charge is 0.369 e. The molecule has 0 bridgehead atoms. The lowest BCUT2D eigenvalue weighted by molar-refractivity contribution is -0.132. The molecule has 0 radical (unpaired) electrons. The molecule has 2 aromatic carbocycles. The van der Waals surface area contributed by atoms with Gasteiger partial charge in [0.25, 0.3) is 5.56 Å². The van der Waals surface area contributed by atoms with E-state index in [2.05, 4.69) is 40.0 Å². The van der Waals surface area contributed by atoms with Crippen molar-refractivity contribution in [2.24, 2.45) is 5.10 Å². The number of aryl methyl sites for hydroxylation is 2. The Morgan fingerprint density at radius 2 is 1.77 bits per heavy atom. The van der Waals surface area contributed by atoms with Crippen LogP contribution in [0.15, 0.2) is 52.4 Å². The summed E-state index contributed by atoms with van der Waals surface area (Å²) in [5.41, 5.74) is 6.16. The number of hydrogen-bond donors (Lipinski definition) is 1. The number of hydrogen-bond acceptors (Lipinski definition) is 5. The second-order valence-electron chi connectivity index (χ2n) is 9.74. The molecule has 182 valence electrons. The molecule has 7 heteroatoms. The summed E-state index contributed by atoms with van der Waals surface area (Å²) in [4.78, 5) is 33.9. The highest BCUT2D eigenvalue weighted by Crippen LogP contribution is 2.34. The van der Waals surface area contributed by atoms with E-state index in [1.54, 1.807) is 5.01 Å². The van der Waals surface area contributed by atoms with Gasteiger partial charge in [0, 0.05) is 50.1 Å². The lowest BCUT2D eigenvalue weighted by Crippen LogP contribution is -2.44. The maximum Gasteiger partial charge on any atom is 0.257 e. The van der Waals surface area contributed by atoms with Gasteiger partial charge in [0.15, 0.2) is 0 Å². The average Bonchev–Trinajstić information content (AvgIpc) is 3.29. The highest BCUT2D eigenvalue weighted by Gasteiger charge is 2.34. The monoisotopic (exact) mass is 471 g/mol. The topological polar surface area (TPSA) is 72.0 Å². The molecular formula is C28H33N5O2. The van der Waals surface area contributed by atoms with E-state index in [0.717, 1.165) is 53.9 Å². The molecule has 1 N–H and O–H groups in total. The summed E-state index contributed by atoms with van der Waals surface area (Å²) in [7, 11) is 2.14. The lowest BCUT2D eigenvalue weighted by atomic mass is 9.94. The zero-order valence-corrected chi connectivity index (χ0v) is 21.0. The van der Waals surface area contributed by atoms with E-state index in [1.165, 1.54) is 5.56 Å². The van der Waals surface area contributed by atoms with Gasteiger partial charge in [0.05, 0.1) is 22.8 Å². The van der Waals surface area contributed by atoms with Crippen LogP contribution in [0, 0.1) is 13.8 Å². The summed E-state index contributed by atoms with van der Waals surface area (Å²) in [6.45, 7) is 9.87. The number of piperazine rings is 1. The summed E-state index contributed by atoms with van der Waals surface area (Å²) in [5.74, 6) is -0.0442. The number of nitrogens with zero attached hydrogens (tertiary/aromatic N) is 4. The first kappa shape index (κ1) is 23.3. The molecule has 1 atom stereocenters. The van der Waals surface area contributed by atoms with E-state index in [-0.39, 0.29) is 17.5 Å². The molecule has 0 aliphatic carbocycles. The summed E-state index contributed by atoms with van der Waals surface area (Å²) in [5, 5.41) is 7.28. The molecule has 3 heterocycles. The van der Waals surface area contributed by atoms with Crippen LogP contribution in [0.1, 0.15) is 48.1 Å². The van der Waals surface area contributed by atoms with Crippen LogP contribution in [0.25, 0.3) is 10.9 Å². The van der Waals surface area contributed by atoms with Gasteiger partial charge in [-0.15, -0.1) is 0 Å². The van der Waals surface area contributed by atoms with Gasteiger partial charge in [-0.2, -0.15) is 5.10 Å². The molecule has 1 aromatic heterocycles. The zero-order valence-electron chi connectivity index (χ0n) is 21.0. The number of hydrazone groups is 1. The van der Waals surface area contributed by atoms with Crippen LogP contribution in [0.5, 0.6) is 0 Å². The minimum atomic E-state index is -0.202. The van der Waals surface area contributed by atoms with Crippen LogP contribution in [0.4, 0.5) is 5.69 Å². The molecular weight excluding hydrogens is 438 g/mol. The Hall–Kier alpha value is -3.45. The van der Waals surface area contributed by atoms with Crippen molar-refractivity contribution >= 4 is 28.2 Å². The van der Waals surface area contributed by atoms with E-state index < -0.39 is 0 Å². The zero-order chi connectivity index (χ0) is 24.7. The third-order valence-electron chi connectivity index (χ3n) is 7.34. The van der Waals surface area contributed by atoms with Crippen molar-refractivity contribution in [2.45, 2.75) is 39.7 Å². The van der Waals surface area contributed by atoms with Gasteiger partial charge in [-0.3, -0.25) is 9.59 Å². The molecule has 3 aromatic rings. The Labute approximate surface area is 206 Å². The number of amides is 1. The van der Waals surface area contributed by atoms with E-state index in [1.807, 2.05) is 45.0 Å². The fourth-order valence-corrected chi connectivity index (χ4v) is 5.16. The van der Waals surface area contributed by atoms with Crippen molar-refractivity contribution in [1.29, 1.82) is 0 Å². The second-order valence-corrected chi connectivity index (χ2v) is 9.74. The SMILES string of the molecule is CCC(=O)N1N=C(c2c(C)c3ccc(N4CCN(C)CC4)cc3[nH]c2=O)C[C@H]1c1ccc(C)cc1. The van der Waals surface area contributed by atoms with Crippen molar-refractivity contribution in [1.82, 2.24) is 14.9 Å². The number of rotatable bonds is 4. The van der Waals surface area contributed by atoms with E-state index in [4.69, 9.17) is 5.10 Å². The summed E-state index contributed by atoms with van der Waals surface area (Å²) < 4.78 is 0. The number of anilines is 1. The van der Waals surface area contributed by atoms with Crippen LogP contribution >= 0.6 is 0 Å². The van der Waals surface area contributed by atoms with Crippen molar-refractivity contribution in [3.05, 3.63) is 75.1 Å². The normalized spacial score (nSPS) is 18.9. The Morgan fingerprint density at radius 3 is 2.46 bits per heavy atom. The highest BCUT2D eigenvalue weighted by molar-refractivity contribution is 6.06. The third-order valence-corrected chi connectivity index (χ3v) is 7.34. The Balaban J connectivity index is 1.52. The minimum Gasteiger partial charge on any atom is -0.369 e. The molecule has 0 spiro atoms. The van der Waals surface area contributed by atoms with Gasteiger partial charge in [0.1, 0.15) is 0 Å². The van der Waals surface area contributed by atoms with Crippen molar-refractivity contribution < 1.29 is 4.79 Å². The number of carbonyl (C=O) groups excluding carboxylic acids is 1. The molecule has 2 aliphatic rings. The predicted molar refractivity (Wildman–Crippen MR) is 141 cm³/mol. The number of aromatic amines is 1. The van der Waals surface area contributed by atoms with Crippen molar-refractivity contribution in [2.75, 3.05) is 38.1 Å². The van der Waals surface area contributed by atoms with E-state index >= 15 is 0 Å². The molecule has 0 saturated carbocycles. The first-order valence-electron chi connectivity index (χ1n) is 12.4. The highest BCUT2D eigenvalue weighted by atomic mass is 16.2. The van der Waals surface area contributed by atoms with Gasteiger partial charge >= 0.3 is 0 Å². The maximum absolute atomic E-state index is 13.3. The number of fused-ring (bicyclic) bond motifs is 1. The third kappa shape index (κ3) is 4.36. The predicted octanol–water partition coefficient (Wildman–Crippen LogP) is 3.98. The fourth-order valence-electron chi connectivity index (χ4n) is 5.16. The number of pyridine rings is 1. The fraction of sp³-hybridized carbons (Fsp3) is 0.393. The number of likely N-dealkylation sites (N-methyl/N-ethyl adjacent to an activating group) is 1. The molecule has 7 nitrogen and oxygen atoms in total. The number of carbonyl (C=O) groups is 1. The number of nitrogens with one attached hydrogen (secondary N) is 1. The van der Waals surface area contributed by atoms with Crippen LogP contribution in [0.3, 0.4) is 0 Å². The van der Waals surface area contributed by atoms with Crippen molar-refractivity contribution in [3.63, 3.8) is 0 Å². The molecule has 1 amide bonds. The Morgan fingerprint density at radius 1 is 1.06 bits per heavy atom. The second kappa shape index (κ2) is 9.30. The summed E-state index contributed by atoms with van der Waals surface area (Å²) >= 11 is 0. The number of H-pyrrole nitrogens is 1. The average molecular weight is 472 g/mol. The quantitative estimate of drug-likeness (QED) is 0.625. The number of aromatic nitrogens is 1. The van der Waals surface area contributed by atoms with Gasteiger partial charge in [-0.1, -0.05) is 42.8 Å². The molecule has 5 rings (SSSR count). The van der Waals surface area contributed by atoms with Gasteiger partial charge in [-0.25, -0.2) is 5.01 Å². The molecule has 35 heavy (non-hydrogen) atoms. The van der Waals surface area contributed by atoms with Gasteiger partial charge in [0.2, 0.25) is 5.91 Å². The first-order chi connectivity index (χ1) is 16.9. The van der Waals surface area contributed by atoms with Gasteiger partial charge < -0.3 is 14.8 Å². The van der Waals surface area contributed by atoms with Crippen LogP contribution in [-0.4, -0.2) is 59.7 Å². The molecule has 1 fully saturated rings. The Bertz CT molecular complexity index is 1350. The molecule has 2 aliphatic heterocycles. The smallest absolute Gasteiger partial charge is 0.257 e. The van der Waals surface area contributed by atoms with Gasteiger partial charge in [-0.05, 0) is 44.2 Å². The number of benzene rings is 2. The van der Waals surface area contributed by atoms with Crippen LogP contribution in [0.2, 0.25) is 0 Å². The molecule has 1 saturated heterocycles. The lowest BCUT2D eigenvalue weighted by Gasteiger charge is -2.34.